The van der Waals surface area contributed by atoms with Gasteiger partial charge in [0.05, 0.1) is 28.4 Å². The third-order valence-corrected chi connectivity index (χ3v) is 6.81. The second-order valence-electron chi connectivity index (χ2n) is 8.03. The van der Waals surface area contributed by atoms with Gasteiger partial charge in [0.15, 0.2) is 5.16 Å². The summed E-state index contributed by atoms with van der Waals surface area (Å²) in [7, 11) is 0. The molecule has 33 heavy (non-hydrogen) atoms. The minimum absolute atomic E-state index is 0.00750. The highest BCUT2D eigenvalue weighted by Crippen LogP contribution is 2.30. The SMILES string of the molecule is O=C(CSc1nc2ccccc2c(=O)n1-c1ccc(F)cc1)NC1CCCc2ccccc21. The number of hydrogen-bond acceptors (Lipinski definition) is 4. The molecule has 4 aromatic rings. The lowest BCUT2D eigenvalue weighted by atomic mass is 9.88. The summed E-state index contributed by atoms with van der Waals surface area (Å²) in [4.78, 5) is 30.7. The van der Waals surface area contributed by atoms with Crippen LogP contribution in [0.4, 0.5) is 4.39 Å². The van der Waals surface area contributed by atoms with Crippen molar-refractivity contribution in [2.75, 3.05) is 5.75 Å². The first-order chi connectivity index (χ1) is 16.1. The zero-order valence-corrected chi connectivity index (χ0v) is 18.6. The van der Waals surface area contributed by atoms with Crippen LogP contribution in [0.25, 0.3) is 16.6 Å². The molecule has 5 nitrogen and oxygen atoms in total. The summed E-state index contributed by atoms with van der Waals surface area (Å²) in [6.07, 6.45) is 2.97. The molecule has 7 heteroatoms. The topological polar surface area (TPSA) is 64.0 Å². The fraction of sp³-hybridized carbons (Fsp3) is 0.192. The standard InChI is InChI=1S/C26H22FN3O2S/c27-18-12-14-19(15-13-18)30-25(32)21-9-3-4-10-23(21)29-26(30)33-16-24(31)28-22-11-5-7-17-6-1-2-8-20(17)22/h1-4,6,8-10,12-15,22H,5,7,11,16H2,(H,28,31). The molecule has 5 rings (SSSR count). The van der Waals surface area contributed by atoms with Crippen LogP contribution in [0.2, 0.25) is 0 Å². The number of halogens is 1. The maximum absolute atomic E-state index is 13.5. The summed E-state index contributed by atoms with van der Waals surface area (Å²) >= 11 is 1.20. The molecule has 0 aliphatic heterocycles. The number of rotatable bonds is 5. The maximum atomic E-state index is 13.5. The molecule has 1 aliphatic rings. The van der Waals surface area contributed by atoms with Gasteiger partial charge in [0.1, 0.15) is 5.82 Å². The summed E-state index contributed by atoms with van der Waals surface area (Å²) in [5, 5.41) is 4.00. The second-order valence-corrected chi connectivity index (χ2v) is 8.97. The highest BCUT2D eigenvalue weighted by Gasteiger charge is 2.22. The lowest BCUT2D eigenvalue weighted by molar-refractivity contribution is -0.119. The Morgan fingerprint density at radius 1 is 1.06 bits per heavy atom. The molecule has 3 aromatic carbocycles. The van der Waals surface area contributed by atoms with Gasteiger partial charge in [0, 0.05) is 0 Å². The molecule has 0 saturated heterocycles. The van der Waals surface area contributed by atoms with Crippen molar-refractivity contribution in [3.8, 4) is 5.69 Å². The van der Waals surface area contributed by atoms with E-state index in [2.05, 4.69) is 22.4 Å². The van der Waals surface area contributed by atoms with Gasteiger partial charge in [-0.05, 0) is 66.8 Å². The van der Waals surface area contributed by atoms with E-state index < -0.39 is 0 Å². The predicted octanol–water partition coefficient (Wildman–Crippen LogP) is 4.81. The number of aryl methyl sites for hydroxylation is 1. The van der Waals surface area contributed by atoms with E-state index >= 15 is 0 Å². The zero-order valence-electron chi connectivity index (χ0n) is 17.8. The van der Waals surface area contributed by atoms with Crippen LogP contribution in [0, 0.1) is 5.82 Å². The predicted molar refractivity (Wildman–Crippen MR) is 128 cm³/mol. The number of aromatic nitrogens is 2. The van der Waals surface area contributed by atoms with E-state index in [-0.39, 0.29) is 29.1 Å². The van der Waals surface area contributed by atoms with Gasteiger partial charge in [0.25, 0.3) is 5.56 Å². The van der Waals surface area contributed by atoms with E-state index in [0.717, 1.165) is 19.3 Å². The average molecular weight is 460 g/mol. The highest BCUT2D eigenvalue weighted by molar-refractivity contribution is 7.99. The molecule has 1 atom stereocenters. The smallest absolute Gasteiger partial charge is 0.266 e. The summed E-state index contributed by atoms with van der Waals surface area (Å²) in [6, 6.07) is 21.0. The molecule has 0 bridgehead atoms. The van der Waals surface area contributed by atoms with Gasteiger partial charge in [0.2, 0.25) is 5.91 Å². The molecule has 0 saturated carbocycles. The monoisotopic (exact) mass is 459 g/mol. The van der Waals surface area contributed by atoms with Gasteiger partial charge in [-0.3, -0.25) is 14.2 Å². The molecule has 1 heterocycles. The van der Waals surface area contributed by atoms with Crippen molar-refractivity contribution in [1.29, 1.82) is 0 Å². The van der Waals surface area contributed by atoms with Gasteiger partial charge in [-0.2, -0.15) is 0 Å². The second kappa shape index (κ2) is 9.19. The lowest BCUT2D eigenvalue weighted by Crippen LogP contribution is -2.32. The van der Waals surface area contributed by atoms with Gasteiger partial charge >= 0.3 is 0 Å². The van der Waals surface area contributed by atoms with Gasteiger partial charge in [-0.25, -0.2) is 9.37 Å². The number of carbonyl (C=O) groups excluding carboxylic acids is 1. The van der Waals surface area contributed by atoms with Gasteiger partial charge in [-0.1, -0.05) is 48.2 Å². The number of para-hydroxylation sites is 1. The molecule has 166 valence electrons. The summed E-state index contributed by atoms with van der Waals surface area (Å²) in [5.41, 5.74) is 3.27. The Morgan fingerprint density at radius 3 is 2.67 bits per heavy atom. The maximum Gasteiger partial charge on any atom is 0.266 e. The van der Waals surface area contributed by atoms with Crippen molar-refractivity contribution < 1.29 is 9.18 Å². The van der Waals surface area contributed by atoms with E-state index in [9.17, 15) is 14.0 Å². The fourth-order valence-corrected chi connectivity index (χ4v) is 5.12. The molecule has 1 amide bonds. The average Bonchev–Trinajstić information content (AvgIpc) is 2.84. The van der Waals surface area contributed by atoms with Crippen LogP contribution in [-0.2, 0) is 11.2 Å². The minimum Gasteiger partial charge on any atom is -0.349 e. The molecular formula is C26H22FN3O2S. The van der Waals surface area contributed by atoms with Crippen molar-refractivity contribution in [3.05, 3.63) is 100 Å². The first-order valence-corrected chi connectivity index (χ1v) is 11.9. The van der Waals surface area contributed by atoms with Crippen molar-refractivity contribution >= 4 is 28.6 Å². The number of thioether (sulfide) groups is 1. The van der Waals surface area contributed by atoms with Crippen molar-refractivity contribution in [1.82, 2.24) is 14.9 Å². The Labute approximate surface area is 194 Å². The molecular weight excluding hydrogens is 437 g/mol. The quantitative estimate of drug-likeness (QED) is 0.344. The minimum atomic E-state index is -0.387. The van der Waals surface area contributed by atoms with Gasteiger partial charge in [-0.15, -0.1) is 0 Å². The van der Waals surface area contributed by atoms with Crippen LogP contribution in [0.3, 0.4) is 0 Å². The summed E-state index contributed by atoms with van der Waals surface area (Å²) < 4.78 is 14.9. The number of fused-ring (bicyclic) bond motifs is 2. The summed E-state index contributed by atoms with van der Waals surface area (Å²) in [6.45, 7) is 0. The van der Waals surface area contributed by atoms with Crippen LogP contribution in [0.15, 0.2) is 82.7 Å². The van der Waals surface area contributed by atoms with Crippen LogP contribution in [-0.4, -0.2) is 21.2 Å². The molecule has 1 N–H and O–H groups in total. The van der Waals surface area contributed by atoms with Crippen molar-refractivity contribution in [2.45, 2.75) is 30.5 Å². The van der Waals surface area contributed by atoms with Crippen LogP contribution in [0.5, 0.6) is 0 Å². The number of benzene rings is 3. The lowest BCUT2D eigenvalue weighted by Gasteiger charge is -2.26. The van der Waals surface area contributed by atoms with Crippen LogP contribution < -0.4 is 10.9 Å². The first-order valence-electron chi connectivity index (χ1n) is 10.9. The first kappa shape index (κ1) is 21.4. The number of nitrogens with zero attached hydrogens (tertiary/aromatic N) is 2. The Morgan fingerprint density at radius 2 is 1.82 bits per heavy atom. The Hall–Kier alpha value is -3.45. The van der Waals surface area contributed by atoms with E-state index in [4.69, 9.17) is 0 Å². The van der Waals surface area contributed by atoms with E-state index in [1.165, 1.54) is 51.7 Å². The molecule has 1 aromatic heterocycles. The third-order valence-electron chi connectivity index (χ3n) is 5.87. The van der Waals surface area contributed by atoms with Crippen LogP contribution >= 0.6 is 11.8 Å². The fourth-order valence-electron chi connectivity index (χ4n) is 4.30. The van der Waals surface area contributed by atoms with Crippen LogP contribution in [0.1, 0.15) is 30.0 Å². The molecule has 1 aliphatic carbocycles. The molecule has 1 unspecified atom stereocenters. The normalized spacial score (nSPS) is 15.2. The van der Waals surface area contributed by atoms with Crippen molar-refractivity contribution in [3.63, 3.8) is 0 Å². The zero-order chi connectivity index (χ0) is 22.8. The Kier molecular flexibility index (Phi) is 5.96. The molecule has 0 spiro atoms. The Bertz CT molecular complexity index is 1380. The highest BCUT2D eigenvalue weighted by atomic mass is 32.2. The molecule has 0 radical (unpaired) electrons. The van der Waals surface area contributed by atoms with Gasteiger partial charge < -0.3 is 5.32 Å². The number of carbonyl (C=O) groups is 1. The largest absolute Gasteiger partial charge is 0.349 e. The molecule has 0 fully saturated rings. The Balaban J connectivity index is 1.42. The van der Waals surface area contributed by atoms with Crippen molar-refractivity contribution in [2.24, 2.45) is 0 Å². The number of amides is 1. The third kappa shape index (κ3) is 4.41. The number of hydrogen-bond donors (Lipinski definition) is 1. The number of nitrogens with one attached hydrogen (secondary N) is 1. The van der Waals surface area contributed by atoms with E-state index in [1.54, 1.807) is 18.2 Å². The summed E-state index contributed by atoms with van der Waals surface area (Å²) in [5.74, 6) is -0.387. The van der Waals surface area contributed by atoms with E-state index in [0.29, 0.717) is 21.7 Å². The van der Waals surface area contributed by atoms with E-state index in [1.807, 2.05) is 18.2 Å².